The van der Waals surface area contributed by atoms with Crippen LogP contribution in [0.3, 0.4) is 0 Å². The van der Waals surface area contributed by atoms with E-state index in [-0.39, 0.29) is 11.8 Å². The number of hydrogen-bond acceptors (Lipinski definition) is 4. The Morgan fingerprint density at radius 1 is 0.814 bits per heavy atom. The Morgan fingerprint density at radius 2 is 1.56 bits per heavy atom. The molecule has 0 bridgehead atoms. The zero-order chi connectivity index (χ0) is 30.2. The lowest BCUT2D eigenvalue weighted by molar-refractivity contribution is -0.121. The van der Waals surface area contributed by atoms with Crippen molar-refractivity contribution in [2.75, 3.05) is 20.8 Å². The second-order valence-electron chi connectivity index (χ2n) is 11.2. The molecular formula is C37H40N2O4. The summed E-state index contributed by atoms with van der Waals surface area (Å²) in [5.74, 6) is 2.35. The molecule has 0 aliphatic carbocycles. The normalized spacial score (nSPS) is 11.8. The first-order chi connectivity index (χ1) is 20.9. The third-order valence-corrected chi connectivity index (χ3v) is 7.63. The highest BCUT2D eigenvalue weighted by Gasteiger charge is 2.24. The number of para-hydroxylation sites is 1. The molecule has 1 amide bonds. The van der Waals surface area contributed by atoms with Crippen molar-refractivity contribution >= 4 is 16.8 Å². The van der Waals surface area contributed by atoms with Gasteiger partial charge in [0.05, 0.1) is 14.2 Å². The van der Waals surface area contributed by atoms with Crippen molar-refractivity contribution in [3.8, 4) is 17.2 Å². The number of nitrogens with one attached hydrogen (secondary N) is 1. The summed E-state index contributed by atoms with van der Waals surface area (Å²) in [6.07, 6.45) is 2.51. The molecule has 0 saturated carbocycles. The SMILES string of the molecule is COc1ccc(Cn2cc([C@@H](CC(=O)NCC(C)C)c3ccc(OCc4ccccc4)c(OC)c3)c3ccccc32)cc1. The molecule has 0 aliphatic rings. The van der Waals surface area contributed by atoms with E-state index in [9.17, 15) is 4.79 Å². The number of benzene rings is 4. The van der Waals surface area contributed by atoms with Crippen LogP contribution in [-0.4, -0.2) is 31.2 Å². The van der Waals surface area contributed by atoms with Crippen molar-refractivity contribution in [3.05, 3.63) is 126 Å². The first-order valence-corrected chi connectivity index (χ1v) is 14.8. The smallest absolute Gasteiger partial charge is 0.220 e. The van der Waals surface area contributed by atoms with E-state index in [1.165, 1.54) is 5.56 Å². The Bertz CT molecular complexity index is 1640. The summed E-state index contributed by atoms with van der Waals surface area (Å²) in [5.41, 5.74) is 5.47. The summed E-state index contributed by atoms with van der Waals surface area (Å²) in [6, 6.07) is 32.6. The van der Waals surface area contributed by atoms with Crippen LogP contribution in [0.15, 0.2) is 103 Å². The number of methoxy groups -OCH3 is 2. The Morgan fingerprint density at radius 3 is 2.28 bits per heavy atom. The first-order valence-electron chi connectivity index (χ1n) is 14.8. The van der Waals surface area contributed by atoms with Crippen LogP contribution in [0.2, 0.25) is 0 Å². The third-order valence-electron chi connectivity index (χ3n) is 7.63. The number of fused-ring (bicyclic) bond motifs is 1. The molecule has 6 heteroatoms. The average molecular weight is 577 g/mol. The molecule has 0 aliphatic heterocycles. The van der Waals surface area contributed by atoms with Crippen molar-refractivity contribution < 1.29 is 19.0 Å². The van der Waals surface area contributed by atoms with Gasteiger partial charge in [-0.15, -0.1) is 0 Å². The Kier molecular flexibility index (Phi) is 9.67. The number of nitrogens with zero attached hydrogens (tertiary/aromatic N) is 1. The summed E-state index contributed by atoms with van der Waals surface area (Å²) in [7, 11) is 3.33. The fourth-order valence-corrected chi connectivity index (χ4v) is 5.35. The standard InChI is InChI=1S/C37H40N2O4/c1-26(2)22-38-37(40)21-32(29-16-19-35(36(20-29)42-4)43-25-28-10-6-5-7-11-28)33-24-39(34-13-9-8-12-31(33)34)23-27-14-17-30(41-3)18-15-27/h5-20,24,26,32H,21-23,25H2,1-4H3,(H,38,40)/t32-/m0/s1. The molecule has 0 saturated heterocycles. The van der Waals surface area contributed by atoms with E-state index in [0.717, 1.165) is 33.3 Å². The van der Waals surface area contributed by atoms with Crippen molar-refractivity contribution in [2.24, 2.45) is 5.92 Å². The quantitative estimate of drug-likeness (QED) is 0.157. The van der Waals surface area contributed by atoms with Crippen LogP contribution < -0.4 is 19.5 Å². The third kappa shape index (κ3) is 7.39. The van der Waals surface area contributed by atoms with Gasteiger partial charge in [-0.05, 0) is 58.5 Å². The molecule has 0 spiro atoms. The van der Waals surface area contributed by atoms with Gasteiger partial charge in [-0.2, -0.15) is 0 Å². The first kappa shape index (κ1) is 29.8. The second kappa shape index (κ2) is 14.0. The summed E-state index contributed by atoms with van der Waals surface area (Å²) in [5, 5.41) is 4.25. The van der Waals surface area contributed by atoms with E-state index in [1.54, 1.807) is 14.2 Å². The van der Waals surface area contributed by atoms with Crippen LogP contribution in [0.5, 0.6) is 17.2 Å². The highest BCUT2D eigenvalue weighted by atomic mass is 16.5. The van der Waals surface area contributed by atoms with Crippen molar-refractivity contribution in [3.63, 3.8) is 0 Å². The molecule has 0 unspecified atom stereocenters. The number of amides is 1. The highest BCUT2D eigenvalue weighted by molar-refractivity contribution is 5.87. The van der Waals surface area contributed by atoms with Crippen molar-refractivity contribution in [1.82, 2.24) is 9.88 Å². The van der Waals surface area contributed by atoms with Gasteiger partial charge in [0.15, 0.2) is 11.5 Å². The summed E-state index contributed by atoms with van der Waals surface area (Å²) in [6.45, 7) is 5.98. The lowest BCUT2D eigenvalue weighted by atomic mass is 9.87. The van der Waals surface area contributed by atoms with Crippen LogP contribution in [0.25, 0.3) is 10.9 Å². The molecule has 43 heavy (non-hydrogen) atoms. The summed E-state index contributed by atoms with van der Waals surface area (Å²) in [4.78, 5) is 13.3. The predicted molar refractivity (Wildman–Crippen MR) is 172 cm³/mol. The molecule has 4 aromatic carbocycles. The van der Waals surface area contributed by atoms with Crippen LogP contribution in [0.1, 0.15) is 48.4 Å². The number of aromatic nitrogens is 1. The number of ether oxygens (including phenoxy) is 3. The van der Waals surface area contributed by atoms with Gasteiger partial charge >= 0.3 is 0 Å². The van der Waals surface area contributed by atoms with Gasteiger partial charge in [-0.25, -0.2) is 0 Å². The molecule has 1 atom stereocenters. The lowest BCUT2D eigenvalue weighted by Crippen LogP contribution is -2.28. The van der Waals surface area contributed by atoms with Gasteiger partial charge in [-0.3, -0.25) is 4.79 Å². The largest absolute Gasteiger partial charge is 0.497 e. The van der Waals surface area contributed by atoms with Gasteiger partial charge in [-0.1, -0.05) is 80.6 Å². The Labute approximate surface area is 254 Å². The Hall–Kier alpha value is -4.71. The molecule has 5 aromatic rings. The van der Waals surface area contributed by atoms with Crippen LogP contribution in [-0.2, 0) is 17.9 Å². The molecule has 6 nitrogen and oxygen atoms in total. The second-order valence-corrected chi connectivity index (χ2v) is 11.2. The van der Waals surface area contributed by atoms with Gasteiger partial charge in [0.2, 0.25) is 5.91 Å². The molecular weight excluding hydrogens is 536 g/mol. The van der Waals surface area contributed by atoms with Crippen LogP contribution in [0.4, 0.5) is 0 Å². The van der Waals surface area contributed by atoms with E-state index < -0.39 is 0 Å². The van der Waals surface area contributed by atoms with E-state index in [4.69, 9.17) is 14.2 Å². The van der Waals surface area contributed by atoms with Crippen molar-refractivity contribution in [1.29, 1.82) is 0 Å². The minimum absolute atomic E-state index is 0.0223. The van der Waals surface area contributed by atoms with Gasteiger partial charge in [0.1, 0.15) is 12.4 Å². The maximum atomic E-state index is 13.3. The number of hydrogen-bond donors (Lipinski definition) is 1. The number of carbonyl (C=O) groups is 1. The molecule has 1 aromatic heterocycles. The number of carbonyl (C=O) groups excluding carboxylic acids is 1. The predicted octanol–water partition coefficient (Wildman–Crippen LogP) is 7.58. The Balaban J connectivity index is 1.51. The van der Waals surface area contributed by atoms with E-state index >= 15 is 0 Å². The molecule has 222 valence electrons. The maximum Gasteiger partial charge on any atom is 0.220 e. The zero-order valence-corrected chi connectivity index (χ0v) is 25.4. The number of rotatable bonds is 13. The molecule has 0 radical (unpaired) electrons. The molecule has 1 heterocycles. The summed E-state index contributed by atoms with van der Waals surface area (Å²) >= 11 is 0. The highest BCUT2D eigenvalue weighted by Crippen LogP contribution is 2.39. The van der Waals surface area contributed by atoms with E-state index in [0.29, 0.717) is 43.5 Å². The fraction of sp³-hybridized carbons (Fsp3) is 0.270. The zero-order valence-electron chi connectivity index (χ0n) is 25.4. The monoisotopic (exact) mass is 576 g/mol. The average Bonchev–Trinajstić information content (AvgIpc) is 3.40. The minimum Gasteiger partial charge on any atom is -0.497 e. The molecule has 1 N–H and O–H groups in total. The van der Waals surface area contributed by atoms with E-state index in [2.05, 4.69) is 72.4 Å². The molecule has 5 rings (SSSR count). The summed E-state index contributed by atoms with van der Waals surface area (Å²) < 4.78 is 19.5. The van der Waals surface area contributed by atoms with Gasteiger partial charge < -0.3 is 24.1 Å². The van der Waals surface area contributed by atoms with Crippen molar-refractivity contribution in [2.45, 2.75) is 39.3 Å². The lowest BCUT2D eigenvalue weighted by Gasteiger charge is -2.20. The van der Waals surface area contributed by atoms with E-state index in [1.807, 2.05) is 54.6 Å². The van der Waals surface area contributed by atoms with Crippen LogP contribution >= 0.6 is 0 Å². The fourth-order valence-electron chi connectivity index (χ4n) is 5.35. The molecule has 0 fully saturated rings. The minimum atomic E-state index is -0.189. The van der Waals surface area contributed by atoms with Gasteiger partial charge in [0.25, 0.3) is 0 Å². The topological polar surface area (TPSA) is 61.7 Å². The van der Waals surface area contributed by atoms with Crippen LogP contribution in [0, 0.1) is 5.92 Å². The maximum absolute atomic E-state index is 13.3. The van der Waals surface area contributed by atoms with Gasteiger partial charge in [0, 0.05) is 42.5 Å².